The van der Waals surface area contributed by atoms with Gasteiger partial charge in [-0.15, -0.1) is 0 Å². The second kappa shape index (κ2) is 4.94. The summed E-state index contributed by atoms with van der Waals surface area (Å²) in [5.74, 6) is 1.05. The third-order valence-electron chi connectivity index (χ3n) is 3.55. The van der Waals surface area contributed by atoms with Crippen molar-refractivity contribution in [2.75, 3.05) is 32.2 Å². The summed E-state index contributed by atoms with van der Waals surface area (Å²) in [6.07, 6.45) is 0.971. The van der Waals surface area contributed by atoms with Gasteiger partial charge in [0.1, 0.15) is 5.75 Å². The summed E-state index contributed by atoms with van der Waals surface area (Å²) in [6.45, 7) is 0.989. The van der Waals surface area contributed by atoms with Crippen molar-refractivity contribution in [1.82, 2.24) is 0 Å². The molecule has 2 atom stereocenters. The third-order valence-corrected chi connectivity index (χ3v) is 3.55. The van der Waals surface area contributed by atoms with Crippen LogP contribution in [0.1, 0.15) is 17.9 Å². The van der Waals surface area contributed by atoms with Crippen LogP contribution in [0.25, 0.3) is 0 Å². The lowest BCUT2D eigenvalue weighted by molar-refractivity contribution is 0.244. The molecule has 4 heteroatoms. The number of fused-ring (bicyclic) bond motifs is 1. The van der Waals surface area contributed by atoms with Gasteiger partial charge in [0.15, 0.2) is 0 Å². The molecule has 0 aliphatic carbocycles. The summed E-state index contributed by atoms with van der Waals surface area (Å²) in [7, 11) is 3.74. The number of ether oxygens (including phenoxy) is 1. The van der Waals surface area contributed by atoms with E-state index in [-0.39, 0.29) is 18.6 Å². The second-order valence-corrected chi connectivity index (χ2v) is 4.59. The number of benzene rings is 1. The lowest BCUT2D eigenvalue weighted by Crippen LogP contribution is -2.38. The molecule has 0 saturated carbocycles. The fourth-order valence-corrected chi connectivity index (χ4v) is 2.48. The van der Waals surface area contributed by atoms with Crippen LogP contribution in [-0.4, -0.2) is 38.5 Å². The first kappa shape index (κ1) is 12.2. The van der Waals surface area contributed by atoms with E-state index in [4.69, 9.17) is 10.5 Å². The van der Waals surface area contributed by atoms with Crippen LogP contribution in [0.2, 0.25) is 0 Å². The van der Waals surface area contributed by atoms with Gasteiger partial charge in [-0.05, 0) is 30.2 Å². The third kappa shape index (κ3) is 2.23. The Morgan fingerprint density at radius 2 is 2.35 bits per heavy atom. The lowest BCUT2D eigenvalue weighted by Gasteiger charge is -2.35. The number of rotatable bonds is 3. The average Bonchev–Trinajstić information content (AvgIpc) is 2.38. The highest BCUT2D eigenvalue weighted by molar-refractivity contribution is 5.59. The molecule has 94 valence electrons. The molecule has 1 heterocycles. The van der Waals surface area contributed by atoms with Gasteiger partial charge in [0.05, 0.1) is 13.7 Å². The van der Waals surface area contributed by atoms with Gasteiger partial charge in [0, 0.05) is 31.2 Å². The first-order valence-electron chi connectivity index (χ1n) is 5.93. The lowest BCUT2D eigenvalue weighted by atomic mass is 9.85. The molecule has 0 bridgehead atoms. The molecule has 0 aromatic heterocycles. The van der Waals surface area contributed by atoms with Gasteiger partial charge < -0.3 is 20.5 Å². The Balaban J connectivity index is 2.41. The number of nitrogens with two attached hydrogens (primary N) is 1. The van der Waals surface area contributed by atoms with Crippen LogP contribution >= 0.6 is 0 Å². The zero-order valence-electron chi connectivity index (χ0n) is 10.4. The number of nitrogens with zero attached hydrogens (tertiary/aromatic N) is 1. The van der Waals surface area contributed by atoms with E-state index in [2.05, 4.69) is 18.0 Å². The fourth-order valence-electron chi connectivity index (χ4n) is 2.48. The van der Waals surface area contributed by atoms with Crippen LogP contribution in [0.5, 0.6) is 5.75 Å². The average molecular weight is 236 g/mol. The van der Waals surface area contributed by atoms with Gasteiger partial charge in [-0.1, -0.05) is 0 Å². The molecule has 1 aromatic carbocycles. The van der Waals surface area contributed by atoms with Crippen molar-refractivity contribution in [3.63, 3.8) is 0 Å². The van der Waals surface area contributed by atoms with Gasteiger partial charge in [0.2, 0.25) is 0 Å². The van der Waals surface area contributed by atoms with Crippen LogP contribution in [0, 0.1) is 0 Å². The Morgan fingerprint density at radius 1 is 1.59 bits per heavy atom. The molecule has 2 unspecified atom stereocenters. The molecular weight excluding hydrogens is 216 g/mol. The first-order valence-corrected chi connectivity index (χ1v) is 5.93. The van der Waals surface area contributed by atoms with E-state index in [1.165, 1.54) is 11.3 Å². The fraction of sp³-hybridized carbons (Fsp3) is 0.538. The number of aliphatic hydroxyl groups is 1. The van der Waals surface area contributed by atoms with Gasteiger partial charge in [-0.3, -0.25) is 0 Å². The number of hydrogen-bond donors (Lipinski definition) is 2. The summed E-state index contributed by atoms with van der Waals surface area (Å²) in [5, 5.41) is 9.24. The summed E-state index contributed by atoms with van der Waals surface area (Å²) in [6, 6.07) is 5.85. The van der Waals surface area contributed by atoms with Crippen molar-refractivity contribution < 1.29 is 9.84 Å². The topological polar surface area (TPSA) is 58.7 Å². The number of methoxy groups -OCH3 is 1. The van der Waals surface area contributed by atoms with Crippen LogP contribution < -0.4 is 15.4 Å². The van der Waals surface area contributed by atoms with Crippen LogP contribution in [0.4, 0.5) is 5.69 Å². The SMILES string of the molecule is COc1ccc2c(c1)C(C(N)CO)CCN2C. The molecule has 4 nitrogen and oxygen atoms in total. The maximum Gasteiger partial charge on any atom is 0.119 e. The van der Waals surface area contributed by atoms with Crippen molar-refractivity contribution >= 4 is 5.69 Å². The number of anilines is 1. The summed E-state index contributed by atoms with van der Waals surface area (Å²) in [4.78, 5) is 2.22. The minimum absolute atomic E-state index is 0.0189. The minimum atomic E-state index is -0.199. The summed E-state index contributed by atoms with van der Waals surface area (Å²) < 4.78 is 5.26. The standard InChI is InChI=1S/C13H20N2O2/c1-15-6-5-10(12(14)8-16)11-7-9(17-2)3-4-13(11)15/h3-4,7,10,12,16H,5-6,8,14H2,1-2H3. The maximum absolute atomic E-state index is 9.24. The van der Waals surface area contributed by atoms with Crippen LogP contribution in [-0.2, 0) is 0 Å². The van der Waals surface area contributed by atoms with E-state index in [0.717, 1.165) is 18.7 Å². The predicted octanol–water partition coefficient (Wildman–Crippen LogP) is 0.938. The van der Waals surface area contributed by atoms with E-state index in [1.54, 1.807) is 7.11 Å². The molecule has 1 aliphatic heterocycles. The largest absolute Gasteiger partial charge is 0.497 e. The molecular formula is C13H20N2O2. The van der Waals surface area contributed by atoms with E-state index in [1.807, 2.05) is 12.1 Å². The van der Waals surface area contributed by atoms with Crippen molar-refractivity contribution in [3.05, 3.63) is 23.8 Å². The summed E-state index contributed by atoms with van der Waals surface area (Å²) in [5.41, 5.74) is 8.36. The maximum atomic E-state index is 9.24. The smallest absolute Gasteiger partial charge is 0.119 e. The molecule has 1 aliphatic rings. The zero-order valence-corrected chi connectivity index (χ0v) is 10.4. The van der Waals surface area contributed by atoms with Crippen molar-refractivity contribution in [2.45, 2.75) is 18.4 Å². The molecule has 0 fully saturated rings. The van der Waals surface area contributed by atoms with Gasteiger partial charge in [0.25, 0.3) is 0 Å². The predicted molar refractivity (Wildman–Crippen MR) is 68.7 cm³/mol. The highest BCUT2D eigenvalue weighted by atomic mass is 16.5. The van der Waals surface area contributed by atoms with Crippen molar-refractivity contribution in [1.29, 1.82) is 0 Å². The first-order chi connectivity index (χ1) is 8.17. The Kier molecular flexibility index (Phi) is 3.54. The molecule has 0 radical (unpaired) electrons. The van der Waals surface area contributed by atoms with Gasteiger partial charge in [-0.25, -0.2) is 0 Å². The highest BCUT2D eigenvalue weighted by Crippen LogP contribution is 2.38. The van der Waals surface area contributed by atoms with Gasteiger partial charge in [-0.2, -0.15) is 0 Å². The van der Waals surface area contributed by atoms with E-state index in [0.29, 0.717) is 0 Å². The van der Waals surface area contributed by atoms with Crippen LogP contribution in [0.3, 0.4) is 0 Å². The van der Waals surface area contributed by atoms with E-state index >= 15 is 0 Å². The number of aliphatic hydroxyl groups excluding tert-OH is 1. The molecule has 1 aromatic rings. The molecule has 0 spiro atoms. The molecule has 0 amide bonds. The van der Waals surface area contributed by atoms with Crippen molar-refractivity contribution in [2.24, 2.45) is 5.73 Å². The molecule has 17 heavy (non-hydrogen) atoms. The van der Waals surface area contributed by atoms with Crippen LogP contribution in [0.15, 0.2) is 18.2 Å². The minimum Gasteiger partial charge on any atom is -0.497 e. The monoisotopic (exact) mass is 236 g/mol. The molecule has 0 saturated heterocycles. The quantitative estimate of drug-likeness (QED) is 0.820. The number of hydrogen-bond acceptors (Lipinski definition) is 4. The Hall–Kier alpha value is -1.26. The molecule has 2 rings (SSSR count). The second-order valence-electron chi connectivity index (χ2n) is 4.59. The Labute approximate surface area is 102 Å². The summed E-state index contributed by atoms with van der Waals surface area (Å²) >= 11 is 0. The normalized spacial score (nSPS) is 20.9. The van der Waals surface area contributed by atoms with Gasteiger partial charge >= 0.3 is 0 Å². The van der Waals surface area contributed by atoms with E-state index in [9.17, 15) is 5.11 Å². The Bertz CT molecular complexity index is 395. The Morgan fingerprint density at radius 3 is 3.00 bits per heavy atom. The highest BCUT2D eigenvalue weighted by Gasteiger charge is 2.27. The molecule has 3 N–H and O–H groups in total. The zero-order chi connectivity index (χ0) is 12.4. The van der Waals surface area contributed by atoms with Crippen molar-refractivity contribution in [3.8, 4) is 5.75 Å². The van der Waals surface area contributed by atoms with E-state index < -0.39 is 0 Å².